The van der Waals surface area contributed by atoms with Crippen LogP contribution in [0.25, 0.3) is 0 Å². The summed E-state index contributed by atoms with van der Waals surface area (Å²) in [4.78, 5) is 42.9. The topological polar surface area (TPSA) is 151 Å². The SMILES string of the molecule is Cc1ccc(C(C[N+](=O)[O-])ON2OC(c3ccc(C)cc3)CC2([N+](=O)[O-])[N+](=O)[O-])cc1. The summed E-state index contributed by atoms with van der Waals surface area (Å²) in [6.07, 6.45) is -3.04. The summed E-state index contributed by atoms with van der Waals surface area (Å²) < 4.78 is 0. The van der Waals surface area contributed by atoms with Crippen molar-refractivity contribution in [1.82, 2.24) is 5.23 Å². The van der Waals surface area contributed by atoms with Crippen molar-refractivity contribution in [2.45, 2.75) is 38.3 Å². The van der Waals surface area contributed by atoms with Crippen LogP contribution in [0.3, 0.4) is 0 Å². The number of hydrogen-bond acceptors (Lipinski definition) is 9. The molecule has 0 N–H and O–H groups in total. The van der Waals surface area contributed by atoms with Gasteiger partial charge in [0.1, 0.15) is 22.4 Å². The zero-order valence-electron chi connectivity index (χ0n) is 16.7. The van der Waals surface area contributed by atoms with Crippen LogP contribution in [-0.2, 0) is 9.68 Å². The number of rotatable bonds is 8. The van der Waals surface area contributed by atoms with Gasteiger partial charge in [0.05, 0.1) is 5.23 Å². The van der Waals surface area contributed by atoms with Crippen molar-refractivity contribution in [3.8, 4) is 0 Å². The molecule has 3 rings (SSSR count). The van der Waals surface area contributed by atoms with Gasteiger partial charge in [-0.2, -0.15) is 0 Å². The first kappa shape index (κ1) is 22.2. The Balaban J connectivity index is 1.98. The van der Waals surface area contributed by atoms with E-state index in [1.165, 1.54) is 0 Å². The van der Waals surface area contributed by atoms with Crippen LogP contribution in [0.15, 0.2) is 48.5 Å². The molecule has 0 radical (unpaired) electrons. The third kappa shape index (κ3) is 4.50. The van der Waals surface area contributed by atoms with E-state index in [-0.39, 0.29) is 5.23 Å². The van der Waals surface area contributed by atoms with Gasteiger partial charge in [-0.3, -0.25) is 35.2 Å². The maximum Gasteiger partial charge on any atom is 0.569 e. The molecular weight excluding hydrogens is 412 g/mol. The lowest BCUT2D eigenvalue weighted by atomic mass is 10.0. The average Bonchev–Trinajstić information content (AvgIpc) is 3.09. The Kier molecular flexibility index (Phi) is 6.24. The van der Waals surface area contributed by atoms with Crippen LogP contribution in [0, 0.1) is 44.2 Å². The minimum atomic E-state index is -2.96. The summed E-state index contributed by atoms with van der Waals surface area (Å²) in [6.45, 7) is 2.88. The Labute approximate surface area is 176 Å². The van der Waals surface area contributed by atoms with Crippen molar-refractivity contribution in [1.29, 1.82) is 0 Å². The lowest BCUT2D eigenvalue weighted by Gasteiger charge is -2.23. The van der Waals surface area contributed by atoms with E-state index in [1.807, 2.05) is 13.8 Å². The molecule has 2 aromatic rings. The molecule has 0 bridgehead atoms. The van der Waals surface area contributed by atoms with Gasteiger partial charge in [-0.1, -0.05) is 59.7 Å². The molecule has 31 heavy (non-hydrogen) atoms. The summed E-state index contributed by atoms with van der Waals surface area (Å²) in [7, 11) is 0. The standard InChI is InChI=1S/C19H20N4O8/c1-13-3-7-15(8-4-13)17-11-19(21(26)27,22(28)29)23(30-17)31-18(12-20(24)25)16-9-5-14(2)6-10-16/h3-10,17-18H,11-12H2,1-2H3. The molecule has 12 nitrogen and oxygen atoms in total. The molecule has 2 aromatic carbocycles. The quantitative estimate of drug-likeness (QED) is 0.348. The Morgan fingerprint density at radius 3 is 2.00 bits per heavy atom. The fourth-order valence-electron chi connectivity index (χ4n) is 3.21. The number of nitrogens with zero attached hydrogens (tertiary/aromatic N) is 4. The van der Waals surface area contributed by atoms with E-state index in [1.54, 1.807) is 48.5 Å². The molecule has 2 unspecified atom stereocenters. The van der Waals surface area contributed by atoms with E-state index in [0.29, 0.717) is 11.1 Å². The summed E-state index contributed by atoms with van der Waals surface area (Å²) in [5, 5.41) is 35.0. The van der Waals surface area contributed by atoms with E-state index in [9.17, 15) is 30.3 Å². The van der Waals surface area contributed by atoms with Gasteiger partial charge >= 0.3 is 5.79 Å². The highest BCUT2D eigenvalue weighted by atomic mass is 17.0. The molecule has 0 aromatic heterocycles. The predicted octanol–water partition coefficient (Wildman–Crippen LogP) is 3.14. The van der Waals surface area contributed by atoms with Crippen LogP contribution in [0.4, 0.5) is 0 Å². The minimum Gasteiger partial charge on any atom is -0.264 e. The molecule has 0 saturated carbocycles. The smallest absolute Gasteiger partial charge is 0.264 e. The molecule has 1 heterocycles. The van der Waals surface area contributed by atoms with Gasteiger partial charge in [-0.25, -0.2) is 4.84 Å². The number of nitro groups is 3. The minimum absolute atomic E-state index is 0.200. The van der Waals surface area contributed by atoms with Crippen molar-refractivity contribution in [2.75, 3.05) is 6.54 Å². The zero-order valence-corrected chi connectivity index (χ0v) is 16.7. The molecular formula is C19H20N4O8. The number of aryl methyl sites for hydroxylation is 2. The Bertz CT molecular complexity index is 965. The third-order valence-electron chi connectivity index (χ3n) is 5.00. The number of hydrogen-bond donors (Lipinski definition) is 0. The number of hydroxylamine groups is 2. The Morgan fingerprint density at radius 2 is 1.52 bits per heavy atom. The summed E-state index contributed by atoms with van der Waals surface area (Å²) in [5.74, 6) is -2.96. The lowest BCUT2D eigenvalue weighted by Crippen LogP contribution is -2.56. The summed E-state index contributed by atoms with van der Waals surface area (Å²) in [6, 6.07) is 13.2. The first-order chi connectivity index (χ1) is 14.6. The zero-order chi connectivity index (χ0) is 22.8. The third-order valence-corrected chi connectivity index (χ3v) is 5.00. The average molecular weight is 432 g/mol. The molecule has 0 amide bonds. The summed E-state index contributed by atoms with van der Waals surface area (Å²) in [5.41, 5.74) is 2.61. The molecule has 1 fully saturated rings. The van der Waals surface area contributed by atoms with E-state index in [4.69, 9.17) is 9.68 Å². The maximum absolute atomic E-state index is 11.8. The molecule has 1 saturated heterocycles. The fourth-order valence-corrected chi connectivity index (χ4v) is 3.21. The van der Waals surface area contributed by atoms with Crippen LogP contribution in [-0.4, -0.2) is 32.3 Å². The van der Waals surface area contributed by atoms with Crippen LogP contribution in [0.2, 0.25) is 0 Å². The fraction of sp³-hybridized carbons (Fsp3) is 0.368. The Morgan fingerprint density at radius 1 is 1.00 bits per heavy atom. The molecule has 2 atom stereocenters. The van der Waals surface area contributed by atoms with E-state index < -0.39 is 45.7 Å². The van der Waals surface area contributed by atoms with Crippen molar-refractivity contribution in [3.63, 3.8) is 0 Å². The normalized spacial score (nSPS) is 19.1. The van der Waals surface area contributed by atoms with E-state index in [0.717, 1.165) is 11.1 Å². The van der Waals surface area contributed by atoms with Gasteiger partial charge in [-0.05, 0) is 25.0 Å². The molecule has 1 aliphatic rings. The van der Waals surface area contributed by atoms with Gasteiger partial charge in [-0.15, -0.1) is 0 Å². The van der Waals surface area contributed by atoms with E-state index in [2.05, 4.69) is 0 Å². The van der Waals surface area contributed by atoms with Crippen molar-refractivity contribution < 1.29 is 24.4 Å². The van der Waals surface area contributed by atoms with Gasteiger partial charge < -0.3 is 0 Å². The second-order valence-electron chi connectivity index (χ2n) is 7.27. The van der Waals surface area contributed by atoms with Crippen molar-refractivity contribution >= 4 is 0 Å². The summed E-state index contributed by atoms with van der Waals surface area (Å²) >= 11 is 0. The molecule has 1 aliphatic heterocycles. The van der Waals surface area contributed by atoms with Crippen LogP contribution in [0.5, 0.6) is 0 Å². The van der Waals surface area contributed by atoms with Crippen LogP contribution >= 0.6 is 0 Å². The highest BCUT2D eigenvalue weighted by molar-refractivity contribution is 5.24. The van der Waals surface area contributed by atoms with Gasteiger partial charge in [0.15, 0.2) is 6.10 Å². The highest BCUT2D eigenvalue weighted by Gasteiger charge is 2.71. The van der Waals surface area contributed by atoms with Gasteiger partial charge in [0.2, 0.25) is 6.54 Å². The second kappa shape index (κ2) is 8.71. The molecule has 164 valence electrons. The Hall–Kier alpha value is -3.48. The highest BCUT2D eigenvalue weighted by Crippen LogP contribution is 2.43. The van der Waals surface area contributed by atoms with Crippen molar-refractivity contribution in [2.24, 2.45) is 0 Å². The van der Waals surface area contributed by atoms with Crippen molar-refractivity contribution in [3.05, 3.63) is 101 Å². The first-order valence-corrected chi connectivity index (χ1v) is 9.31. The largest absolute Gasteiger partial charge is 0.569 e. The first-order valence-electron chi connectivity index (χ1n) is 9.31. The van der Waals surface area contributed by atoms with Gasteiger partial charge in [0, 0.05) is 4.92 Å². The van der Waals surface area contributed by atoms with E-state index >= 15 is 0 Å². The van der Waals surface area contributed by atoms with Crippen LogP contribution in [0.1, 0.15) is 40.9 Å². The maximum atomic E-state index is 11.8. The molecule has 12 heteroatoms. The molecule has 0 aliphatic carbocycles. The lowest BCUT2D eigenvalue weighted by molar-refractivity contribution is -0.852. The van der Waals surface area contributed by atoms with Gasteiger partial charge in [0.25, 0.3) is 0 Å². The second-order valence-corrected chi connectivity index (χ2v) is 7.27. The predicted molar refractivity (Wildman–Crippen MR) is 105 cm³/mol. The molecule has 0 spiro atoms. The van der Waals surface area contributed by atoms with Crippen LogP contribution < -0.4 is 0 Å². The number of benzene rings is 2. The monoisotopic (exact) mass is 432 g/mol.